The highest BCUT2D eigenvalue weighted by Crippen LogP contribution is 2.35. The average molecular weight is 567 g/mol. The highest BCUT2D eigenvalue weighted by molar-refractivity contribution is 5.91. The van der Waals surface area contributed by atoms with Crippen molar-refractivity contribution in [2.24, 2.45) is 0 Å². The van der Waals surface area contributed by atoms with Gasteiger partial charge in [-0.25, -0.2) is 9.78 Å². The van der Waals surface area contributed by atoms with Gasteiger partial charge < -0.3 is 29.7 Å². The van der Waals surface area contributed by atoms with E-state index in [1.165, 1.54) is 11.1 Å². The summed E-state index contributed by atoms with van der Waals surface area (Å²) in [6.45, 7) is 8.17. The Balaban J connectivity index is 1.29. The van der Waals surface area contributed by atoms with Crippen LogP contribution in [0, 0.1) is 0 Å². The first-order valence-electron chi connectivity index (χ1n) is 13.1. The Morgan fingerprint density at radius 1 is 1.35 bits per heavy atom. The fourth-order valence-corrected chi connectivity index (χ4v) is 5.17. The van der Waals surface area contributed by atoms with E-state index in [0.29, 0.717) is 49.0 Å². The minimum absolute atomic E-state index is 0.196. The van der Waals surface area contributed by atoms with E-state index in [0.717, 1.165) is 6.92 Å². The zero-order valence-corrected chi connectivity index (χ0v) is 22.7. The molecule has 0 aromatic carbocycles. The Morgan fingerprint density at radius 2 is 2.12 bits per heavy atom. The molecule has 14 heteroatoms. The Bertz CT molecular complexity index is 1240. The zero-order valence-electron chi connectivity index (χ0n) is 22.7. The molecule has 3 N–H and O–H groups in total. The van der Waals surface area contributed by atoms with Crippen LogP contribution >= 0.6 is 0 Å². The molecule has 1 aromatic rings. The maximum atomic E-state index is 13.6. The van der Waals surface area contributed by atoms with E-state index in [-0.39, 0.29) is 24.6 Å². The van der Waals surface area contributed by atoms with Gasteiger partial charge in [-0.15, -0.1) is 0 Å². The summed E-state index contributed by atoms with van der Waals surface area (Å²) in [6.07, 6.45) is -0.866. The third kappa shape index (κ3) is 5.82. The summed E-state index contributed by atoms with van der Waals surface area (Å²) in [7, 11) is 0. The number of amides is 3. The molecule has 5 heterocycles. The van der Waals surface area contributed by atoms with Gasteiger partial charge in [-0.05, 0) is 51.8 Å². The first kappa shape index (κ1) is 28.0. The number of pyridine rings is 1. The zero-order chi connectivity index (χ0) is 28.8. The summed E-state index contributed by atoms with van der Waals surface area (Å²) in [5, 5.41) is 7.84. The quantitative estimate of drug-likeness (QED) is 0.482. The second kappa shape index (κ2) is 10.5. The first-order chi connectivity index (χ1) is 18.8. The van der Waals surface area contributed by atoms with Gasteiger partial charge in [0, 0.05) is 25.4 Å². The topological polar surface area (TPSA) is 117 Å². The molecule has 4 aliphatic heterocycles. The second-order valence-electron chi connectivity index (χ2n) is 10.8. The third-order valence-electron chi connectivity index (χ3n) is 7.25. The van der Waals surface area contributed by atoms with Crippen LogP contribution in [0.25, 0.3) is 0 Å². The Labute approximate surface area is 229 Å². The average Bonchev–Trinajstić information content (AvgIpc) is 3.45. The number of hydrogen-bond acceptors (Lipinski definition) is 8. The van der Waals surface area contributed by atoms with Gasteiger partial charge in [-0.1, -0.05) is 0 Å². The Kier molecular flexibility index (Phi) is 7.33. The molecular formula is C26H33F3N6O5. The van der Waals surface area contributed by atoms with Crippen molar-refractivity contribution < 1.29 is 37.0 Å². The molecule has 1 unspecified atom stereocenters. The van der Waals surface area contributed by atoms with E-state index < -0.39 is 36.0 Å². The number of dihydropyridines is 1. The summed E-state index contributed by atoms with van der Waals surface area (Å²) >= 11 is 0. The number of hydrogen-bond donors (Lipinski definition) is 3. The molecule has 5 rings (SSSR count). The molecule has 0 aliphatic carbocycles. The van der Waals surface area contributed by atoms with Crippen LogP contribution in [0.5, 0.6) is 5.75 Å². The van der Waals surface area contributed by atoms with Crippen LogP contribution in [0.15, 0.2) is 41.5 Å². The maximum absolute atomic E-state index is 13.6. The summed E-state index contributed by atoms with van der Waals surface area (Å²) in [6, 6.07) is -0.519. The predicted molar refractivity (Wildman–Crippen MR) is 137 cm³/mol. The molecule has 4 aliphatic rings. The number of halogens is 3. The third-order valence-corrected chi connectivity index (χ3v) is 7.25. The lowest BCUT2D eigenvalue weighted by atomic mass is 10.0. The van der Waals surface area contributed by atoms with Gasteiger partial charge in [0.05, 0.1) is 18.3 Å². The van der Waals surface area contributed by atoms with Crippen LogP contribution < -0.4 is 20.7 Å². The van der Waals surface area contributed by atoms with Gasteiger partial charge >= 0.3 is 12.2 Å². The lowest BCUT2D eigenvalue weighted by molar-refractivity contribution is -0.158. The van der Waals surface area contributed by atoms with Crippen LogP contribution in [-0.4, -0.2) is 89.2 Å². The number of carbonyl (C=O) groups excluding carboxylic acids is 2. The van der Waals surface area contributed by atoms with Gasteiger partial charge in [0.25, 0.3) is 0 Å². The number of alkyl halides is 3. The number of aromatic nitrogens is 1. The number of anilines is 1. The molecule has 1 aromatic heterocycles. The fraction of sp³-hybridized carbons (Fsp3) is 0.577. The fourth-order valence-electron chi connectivity index (χ4n) is 5.17. The highest BCUT2D eigenvalue weighted by Gasteiger charge is 2.45. The van der Waals surface area contributed by atoms with E-state index >= 15 is 0 Å². The maximum Gasteiger partial charge on any atom is 0.408 e. The Morgan fingerprint density at radius 3 is 2.83 bits per heavy atom. The van der Waals surface area contributed by atoms with Crippen LogP contribution in [0.2, 0.25) is 0 Å². The number of rotatable bonds is 6. The molecule has 218 valence electrons. The molecule has 11 nitrogen and oxygen atoms in total. The molecule has 2 saturated heterocycles. The van der Waals surface area contributed by atoms with E-state index in [1.54, 1.807) is 25.1 Å². The lowest BCUT2D eigenvalue weighted by Crippen LogP contribution is -2.58. The predicted octanol–water partition coefficient (Wildman–Crippen LogP) is 2.69. The smallest absolute Gasteiger partial charge is 0.408 e. The van der Waals surface area contributed by atoms with Crippen LogP contribution in [-0.2, 0) is 14.3 Å². The standard InChI is InChI=1S/C26H33F3N6O5/c1-14-9-19-22(33-21(14)23(36)31-15(2)26(27,28)29)35(16-6-8-34(19)11-16)24(37)32-20-10-17(5-7-30-20)38-12-18-13-39-25(3,4)40-18/h5,7,9-10,15-16,18,21,33H,6,8,11-13H2,1-4H3,(H,31,36)(H,30,32,37)/t15-,16+,18+,21?/m1/s1. The monoisotopic (exact) mass is 566 g/mol. The second-order valence-corrected chi connectivity index (χ2v) is 10.8. The molecule has 4 atom stereocenters. The molecule has 0 spiro atoms. The Hall–Kier alpha value is -3.52. The van der Waals surface area contributed by atoms with E-state index in [9.17, 15) is 22.8 Å². The van der Waals surface area contributed by atoms with Gasteiger partial charge in [-0.3, -0.25) is 15.0 Å². The number of fused-ring (bicyclic) bond motifs is 3. The number of allylic oxidation sites excluding steroid dienone is 1. The van der Waals surface area contributed by atoms with Crippen molar-refractivity contribution in [1.29, 1.82) is 0 Å². The summed E-state index contributed by atoms with van der Waals surface area (Å²) in [5.41, 5.74) is 1.25. The molecule has 2 bridgehead atoms. The molecule has 3 amide bonds. The molecular weight excluding hydrogens is 533 g/mol. The van der Waals surface area contributed by atoms with Crippen molar-refractivity contribution >= 4 is 17.8 Å². The summed E-state index contributed by atoms with van der Waals surface area (Å²) in [4.78, 5) is 34.2. The van der Waals surface area contributed by atoms with Crippen LogP contribution in [0.3, 0.4) is 0 Å². The minimum Gasteiger partial charge on any atom is -0.491 e. The van der Waals surface area contributed by atoms with Crippen molar-refractivity contribution in [1.82, 2.24) is 25.4 Å². The number of ether oxygens (including phenoxy) is 3. The van der Waals surface area contributed by atoms with Crippen LogP contribution in [0.4, 0.5) is 23.8 Å². The minimum atomic E-state index is -4.58. The molecule has 40 heavy (non-hydrogen) atoms. The van der Waals surface area contributed by atoms with Crippen molar-refractivity contribution in [2.45, 2.75) is 70.3 Å². The largest absolute Gasteiger partial charge is 0.491 e. The van der Waals surface area contributed by atoms with E-state index in [2.05, 4.69) is 20.5 Å². The van der Waals surface area contributed by atoms with Crippen molar-refractivity contribution in [3.63, 3.8) is 0 Å². The number of nitrogens with zero attached hydrogens (tertiary/aromatic N) is 3. The highest BCUT2D eigenvalue weighted by atomic mass is 19.4. The van der Waals surface area contributed by atoms with Gasteiger partial charge in [0.2, 0.25) is 5.91 Å². The first-order valence-corrected chi connectivity index (χ1v) is 13.1. The number of carbonyl (C=O) groups is 2. The molecule has 2 fully saturated rings. The van der Waals surface area contributed by atoms with Crippen molar-refractivity contribution in [3.05, 3.63) is 41.5 Å². The summed E-state index contributed by atoms with van der Waals surface area (Å²) < 4.78 is 56.3. The SMILES string of the molecule is CC1=CC2=C(NC1C(=O)N[C@H](C)C(F)(F)F)N(C(=O)Nc1cc(OC[C@H]3COC(C)(C)O3)ccn1)[C@H]1CCN2C1. The van der Waals surface area contributed by atoms with E-state index in [1.807, 2.05) is 19.2 Å². The van der Waals surface area contributed by atoms with Crippen molar-refractivity contribution in [3.8, 4) is 5.75 Å². The number of urea groups is 1. The van der Waals surface area contributed by atoms with Gasteiger partial charge in [0.15, 0.2) is 5.79 Å². The normalized spacial score (nSPS) is 26.1. The van der Waals surface area contributed by atoms with E-state index in [4.69, 9.17) is 14.2 Å². The molecule has 0 saturated carbocycles. The summed E-state index contributed by atoms with van der Waals surface area (Å²) in [5.74, 6) is -0.394. The van der Waals surface area contributed by atoms with Crippen LogP contribution in [0.1, 0.15) is 34.1 Å². The van der Waals surface area contributed by atoms with Gasteiger partial charge in [0.1, 0.15) is 42.2 Å². The van der Waals surface area contributed by atoms with Gasteiger partial charge in [-0.2, -0.15) is 13.2 Å². The lowest BCUT2D eigenvalue weighted by Gasteiger charge is -2.42. The van der Waals surface area contributed by atoms with Crippen molar-refractivity contribution in [2.75, 3.05) is 31.6 Å². The molecule has 0 radical (unpaired) electrons. The number of nitrogens with one attached hydrogen (secondary N) is 3.